The van der Waals surface area contributed by atoms with Gasteiger partial charge in [0.1, 0.15) is 0 Å². The van der Waals surface area contributed by atoms with Crippen molar-refractivity contribution < 1.29 is 9.74 Å². The monoisotopic (exact) mass is 375 g/mol. The molecule has 0 amide bonds. The molecule has 9 nitrogen and oxygen atoms in total. The fourth-order valence-corrected chi connectivity index (χ4v) is 3.99. The molecule has 0 spiro atoms. The summed E-state index contributed by atoms with van der Waals surface area (Å²) in [7, 11) is 0. The molecule has 2 N–H and O–H groups in total. The molecule has 2 aliphatic rings. The van der Waals surface area contributed by atoms with E-state index in [0.29, 0.717) is 11.3 Å². The number of likely N-dealkylation sites (tertiary alicyclic amines) is 1. The Hall–Kier alpha value is -2.00. The van der Waals surface area contributed by atoms with Crippen molar-refractivity contribution in [2.24, 2.45) is 0 Å². The van der Waals surface area contributed by atoms with Crippen LogP contribution in [0.15, 0.2) is 4.63 Å². The van der Waals surface area contributed by atoms with Crippen molar-refractivity contribution >= 4 is 22.9 Å². The summed E-state index contributed by atoms with van der Waals surface area (Å²) in [6.07, 6.45) is 7.70. The van der Waals surface area contributed by atoms with E-state index in [9.17, 15) is 5.11 Å². The average Bonchev–Trinajstić information content (AvgIpc) is 2.95. The molecule has 0 aromatic carbocycles. The summed E-state index contributed by atoms with van der Waals surface area (Å²) in [5.74, 6) is 1.62. The van der Waals surface area contributed by atoms with Crippen LogP contribution in [-0.2, 0) is 0 Å². The summed E-state index contributed by atoms with van der Waals surface area (Å²) in [6.45, 7) is 5.63. The third kappa shape index (κ3) is 4.65. The molecule has 2 aromatic heterocycles. The minimum atomic E-state index is -0.172. The van der Waals surface area contributed by atoms with Crippen molar-refractivity contribution in [2.45, 2.75) is 51.0 Å². The molecule has 0 unspecified atom stereocenters. The van der Waals surface area contributed by atoms with Gasteiger partial charge in [-0.15, -0.1) is 0 Å². The largest absolute Gasteiger partial charge is 0.392 e. The van der Waals surface area contributed by atoms with Gasteiger partial charge in [-0.05, 0) is 55.5 Å². The number of hydrogen-bond acceptors (Lipinski definition) is 9. The van der Waals surface area contributed by atoms with Crippen LogP contribution in [0.2, 0.25) is 0 Å². The normalized spacial score (nSPS) is 22.1. The summed E-state index contributed by atoms with van der Waals surface area (Å²) in [5.41, 5.74) is 0.900. The molecule has 2 aliphatic heterocycles. The van der Waals surface area contributed by atoms with E-state index in [1.54, 1.807) is 0 Å². The number of piperidine rings is 1. The van der Waals surface area contributed by atoms with E-state index in [0.717, 1.165) is 70.2 Å². The zero-order valence-corrected chi connectivity index (χ0v) is 15.8. The van der Waals surface area contributed by atoms with Crippen LogP contribution in [0.4, 0.5) is 11.6 Å². The first-order valence-electron chi connectivity index (χ1n) is 10.2. The number of anilines is 2. The molecule has 0 radical (unpaired) electrons. The van der Waals surface area contributed by atoms with E-state index in [4.69, 9.17) is 4.63 Å². The fraction of sp³-hybridized carbons (Fsp3) is 0.778. The van der Waals surface area contributed by atoms with E-state index in [-0.39, 0.29) is 6.10 Å². The van der Waals surface area contributed by atoms with Crippen LogP contribution in [0.3, 0.4) is 0 Å². The predicted octanol–water partition coefficient (Wildman–Crippen LogP) is 1.65. The molecule has 4 rings (SSSR count). The van der Waals surface area contributed by atoms with E-state index >= 15 is 0 Å². The second-order valence-electron chi connectivity index (χ2n) is 7.59. The summed E-state index contributed by atoms with van der Waals surface area (Å²) >= 11 is 0. The van der Waals surface area contributed by atoms with Crippen molar-refractivity contribution in [1.29, 1.82) is 0 Å². The van der Waals surface area contributed by atoms with Gasteiger partial charge in [0.2, 0.25) is 11.3 Å². The summed E-state index contributed by atoms with van der Waals surface area (Å²) in [4.78, 5) is 13.9. The van der Waals surface area contributed by atoms with Crippen LogP contribution in [0, 0.1) is 0 Å². The first-order valence-corrected chi connectivity index (χ1v) is 10.2. The lowest BCUT2D eigenvalue weighted by atomic mass is 10.1. The quantitative estimate of drug-likeness (QED) is 0.729. The van der Waals surface area contributed by atoms with Gasteiger partial charge in [0.15, 0.2) is 11.6 Å². The third-order valence-electron chi connectivity index (χ3n) is 5.43. The number of nitrogens with zero attached hydrogens (tertiary/aromatic N) is 6. The van der Waals surface area contributed by atoms with Gasteiger partial charge in [-0.1, -0.05) is 12.8 Å². The molecule has 0 aliphatic carbocycles. The Morgan fingerprint density at radius 2 is 1.78 bits per heavy atom. The number of hydrogen-bond donors (Lipinski definition) is 2. The molecular formula is C18H29N7O2. The van der Waals surface area contributed by atoms with Crippen molar-refractivity contribution in [1.82, 2.24) is 25.2 Å². The summed E-state index contributed by atoms with van der Waals surface area (Å²) in [6, 6.07) is 0. The second kappa shape index (κ2) is 8.79. The number of aromatic nitrogens is 4. The average molecular weight is 375 g/mol. The smallest absolute Gasteiger partial charge is 0.245 e. The highest BCUT2D eigenvalue weighted by Crippen LogP contribution is 2.26. The Labute approximate surface area is 159 Å². The number of aliphatic hydroxyl groups is 1. The Morgan fingerprint density at radius 3 is 2.56 bits per heavy atom. The SMILES string of the molecule is O[C@@H]1CCCN(CCCNc2nc3nonc3nc2N2CCCCCC2)C1. The Balaban J connectivity index is 1.41. The standard InChI is InChI=1S/C18H29N7O2/c26-14-7-5-9-24(13-14)10-6-8-19-17-18(25-11-3-1-2-4-12-25)21-16-15(20-17)22-27-23-16/h14,26H,1-13H2,(H,19,20,22)/t14-/m1/s1. The van der Waals surface area contributed by atoms with Crippen LogP contribution >= 0.6 is 0 Å². The highest BCUT2D eigenvalue weighted by atomic mass is 16.6. The first-order chi connectivity index (χ1) is 13.3. The molecule has 2 fully saturated rings. The minimum absolute atomic E-state index is 0.172. The second-order valence-corrected chi connectivity index (χ2v) is 7.59. The van der Waals surface area contributed by atoms with Crippen molar-refractivity contribution in [3.63, 3.8) is 0 Å². The Kier molecular flexibility index (Phi) is 5.98. The van der Waals surface area contributed by atoms with Crippen molar-refractivity contribution in [3.8, 4) is 0 Å². The number of fused-ring (bicyclic) bond motifs is 1. The topological polar surface area (TPSA) is 103 Å². The lowest BCUT2D eigenvalue weighted by molar-refractivity contribution is 0.0706. The third-order valence-corrected chi connectivity index (χ3v) is 5.43. The van der Waals surface area contributed by atoms with Crippen molar-refractivity contribution in [2.75, 3.05) is 49.5 Å². The molecule has 27 heavy (non-hydrogen) atoms. The van der Waals surface area contributed by atoms with Crippen LogP contribution in [0.25, 0.3) is 11.3 Å². The molecule has 148 valence electrons. The zero-order chi connectivity index (χ0) is 18.5. The van der Waals surface area contributed by atoms with E-state index in [1.807, 2.05) is 0 Å². The predicted molar refractivity (Wildman–Crippen MR) is 103 cm³/mol. The highest BCUT2D eigenvalue weighted by molar-refractivity contribution is 5.74. The van der Waals surface area contributed by atoms with Crippen molar-refractivity contribution in [3.05, 3.63) is 0 Å². The van der Waals surface area contributed by atoms with E-state index < -0.39 is 0 Å². The minimum Gasteiger partial charge on any atom is -0.392 e. The number of nitrogens with one attached hydrogen (secondary N) is 1. The van der Waals surface area contributed by atoms with Crippen LogP contribution in [-0.4, -0.2) is 75.7 Å². The molecule has 9 heteroatoms. The Bertz CT molecular complexity index is 730. The van der Waals surface area contributed by atoms with Gasteiger partial charge in [-0.25, -0.2) is 14.6 Å². The van der Waals surface area contributed by atoms with E-state index in [1.165, 1.54) is 25.7 Å². The van der Waals surface area contributed by atoms with Gasteiger partial charge < -0.3 is 20.2 Å². The molecule has 4 heterocycles. The molecule has 0 saturated carbocycles. The molecule has 2 saturated heterocycles. The van der Waals surface area contributed by atoms with Crippen LogP contribution in [0.5, 0.6) is 0 Å². The lowest BCUT2D eigenvalue weighted by Gasteiger charge is -2.30. The highest BCUT2D eigenvalue weighted by Gasteiger charge is 2.20. The first kappa shape index (κ1) is 18.4. The maximum absolute atomic E-state index is 9.80. The van der Waals surface area contributed by atoms with Gasteiger partial charge in [0.05, 0.1) is 6.10 Å². The maximum atomic E-state index is 9.80. The van der Waals surface area contributed by atoms with Gasteiger partial charge in [-0.3, -0.25) is 0 Å². The van der Waals surface area contributed by atoms with E-state index in [2.05, 4.69) is 35.4 Å². The summed E-state index contributed by atoms with van der Waals surface area (Å²) < 4.78 is 4.80. The maximum Gasteiger partial charge on any atom is 0.245 e. The zero-order valence-electron chi connectivity index (χ0n) is 15.8. The van der Waals surface area contributed by atoms with Gasteiger partial charge in [0, 0.05) is 26.2 Å². The van der Waals surface area contributed by atoms with Gasteiger partial charge in [0.25, 0.3) is 0 Å². The number of aliphatic hydroxyl groups excluding tert-OH is 1. The summed E-state index contributed by atoms with van der Waals surface area (Å²) in [5, 5.41) is 20.9. The van der Waals surface area contributed by atoms with Crippen LogP contribution < -0.4 is 10.2 Å². The lowest BCUT2D eigenvalue weighted by Crippen LogP contribution is -2.39. The molecule has 1 atom stereocenters. The van der Waals surface area contributed by atoms with Gasteiger partial charge >= 0.3 is 0 Å². The van der Waals surface area contributed by atoms with Gasteiger partial charge in [-0.2, -0.15) is 0 Å². The fourth-order valence-electron chi connectivity index (χ4n) is 3.99. The Morgan fingerprint density at radius 1 is 1.00 bits per heavy atom. The number of rotatable bonds is 6. The van der Waals surface area contributed by atoms with Crippen LogP contribution in [0.1, 0.15) is 44.9 Å². The molecule has 0 bridgehead atoms. The number of β-amino-alcohol motifs (C(OH)–C–C–N with tert-alkyl or cyclic N) is 1. The molecular weight excluding hydrogens is 346 g/mol. The molecule has 2 aromatic rings.